The molecule has 0 bridgehead atoms. The van der Waals surface area contributed by atoms with Gasteiger partial charge >= 0.3 is 5.97 Å². The standard InChI is InChI=1S/C13H26N2O4S/c1-4-15(10-6-9-14(2)3)20(18,19)12-8-5-7-11(12)13(16)17/h11-12H,4-10H2,1-3H3,(H,16,17). The fourth-order valence-electron chi connectivity index (χ4n) is 2.79. The highest BCUT2D eigenvalue weighted by molar-refractivity contribution is 7.89. The Kier molecular flexibility index (Phi) is 6.42. The molecule has 1 rings (SSSR count). The Morgan fingerprint density at radius 3 is 2.40 bits per heavy atom. The monoisotopic (exact) mass is 306 g/mol. The predicted molar refractivity (Wildman–Crippen MR) is 78.1 cm³/mol. The van der Waals surface area contributed by atoms with E-state index < -0.39 is 27.2 Å². The van der Waals surface area contributed by atoms with Crippen molar-refractivity contribution in [3.05, 3.63) is 0 Å². The molecule has 0 amide bonds. The van der Waals surface area contributed by atoms with E-state index in [9.17, 15) is 13.2 Å². The molecule has 0 aromatic heterocycles. The summed E-state index contributed by atoms with van der Waals surface area (Å²) in [6, 6.07) is 0. The van der Waals surface area contributed by atoms with Gasteiger partial charge in [-0.15, -0.1) is 0 Å². The Labute approximate surface area is 121 Å². The van der Waals surface area contributed by atoms with E-state index in [-0.39, 0.29) is 0 Å². The normalized spacial score (nSPS) is 23.6. The molecule has 20 heavy (non-hydrogen) atoms. The fraction of sp³-hybridized carbons (Fsp3) is 0.923. The Hall–Kier alpha value is -0.660. The van der Waals surface area contributed by atoms with E-state index in [2.05, 4.69) is 0 Å². The largest absolute Gasteiger partial charge is 0.481 e. The second-order valence-electron chi connectivity index (χ2n) is 5.61. The second kappa shape index (κ2) is 7.38. The second-order valence-corrected chi connectivity index (χ2v) is 7.76. The molecule has 0 aromatic rings. The summed E-state index contributed by atoms with van der Waals surface area (Å²) in [6.45, 7) is 3.48. The van der Waals surface area contributed by atoms with Crippen LogP contribution in [0.25, 0.3) is 0 Å². The van der Waals surface area contributed by atoms with E-state index in [0.29, 0.717) is 32.4 Å². The summed E-state index contributed by atoms with van der Waals surface area (Å²) in [5, 5.41) is 8.41. The van der Waals surface area contributed by atoms with Crippen molar-refractivity contribution < 1.29 is 18.3 Å². The molecule has 0 aliphatic heterocycles. The van der Waals surface area contributed by atoms with Crippen LogP contribution >= 0.6 is 0 Å². The third kappa shape index (κ3) is 4.17. The molecule has 1 aliphatic rings. The molecule has 6 nitrogen and oxygen atoms in total. The lowest BCUT2D eigenvalue weighted by molar-refractivity contribution is -0.141. The third-order valence-electron chi connectivity index (χ3n) is 3.88. The number of rotatable bonds is 8. The summed E-state index contributed by atoms with van der Waals surface area (Å²) in [5.74, 6) is -1.73. The average Bonchev–Trinajstić information content (AvgIpc) is 2.83. The molecule has 0 spiro atoms. The van der Waals surface area contributed by atoms with Crippen molar-refractivity contribution in [1.82, 2.24) is 9.21 Å². The molecule has 7 heteroatoms. The summed E-state index contributed by atoms with van der Waals surface area (Å²) in [5.41, 5.74) is 0. The minimum Gasteiger partial charge on any atom is -0.481 e. The van der Waals surface area contributed by atoms with Crippen molar-refractivity contribution in [1.29, 1.82) is 0 Å². The maximum absolute atomic E-state index is 12.6. The van der Waals surface area contributed by atoms with E-state index in [0.717, 1.165) is 13.0 Å². The van der Waals surface area contributed by atoms with Crippen LogP contribution in [0.1, 0.15) is 32.6 Å². The van der Waals surface area contributed by atoms with Gasteiger partial charge in [-0.1, -0.05) is 13.3 Å². The molecule has 0 aromatic carbocycles. The number of hydrogen-bond acceptors (Lipinski definition) is 4. The van der Waals surface area contributed by atoms with Crippen LogP contribution in [0, 0.1) is 5.92 Å². The maximum Gasteiger partial charge on any atom is 0.307 e. The Morgan fingerprint density at radius 1 is 1.25 bits per heavy atom. The van der Waals surface area contributed by atoms with Gasteiger partial charge in [0, 0.05) is 13.1 Å². The van der Waals surface area contributed by atoms with Crippen LogP contribution in [0.2, 0.25) is 0 Å². The van der Waals surface area contributed by atoms with Gasteiger partial charge in [-0.25, -0.2) is 12.7 Å². The average molecular weight is 306 g/mol. The number of nitrogens with zero attached hydrogens (tertiary/aromatic N) is 2. The summed E-state index contributed by atoms with van der Waals surface area (Å²) in [6.07, 6.45) is 2.36. The van der Waals surface area contributed by atoms with E-state index in [1.807, 2.05) is 19.0 Å². The molecule has 1 aliphatic carbocycles. The van der Waals surface area contributed by atoms with Gasteiger partial charge in [0.05, 0.1) is 11.2 Å². The first-order valence-electron chi connectivity index (χ1n) is 7.17. The van der Waals surface area contributed by atoms with Crippen LogP contribution in [0.15, 0.2) is 0 Å². The van der Waals surface area contributed by atoms with Crippen LogP contribution in [0.5, 0.6) is 0 Å². The van der Waals surface area contributed by atoms with Gasteiger partial charge in [0.1, 0.15) is 0 Å². The maximum atomic E-state index is 12.6. The molecular weight excluding hydrogens is 280 g/mol. The van der Waals surface area contributed by atoms with Crippen molar-refractivity contribution in [2.45, 2.75) is 37.9 Å². The van der Waals surface area contributed by atoms with Crippen LogP contribution in [0.4, 0.5) is 0 Å². The summed E-state index contributed by atoms with van der Waals surface area (Å²) in [7, 11) is 0.384. The lowest BCUT2D eigenvalue weighted by atomic mass is 10.1. The molecule has 2 atom stereocenters. The zero-order valence-corrected chi connectivity index (χ0v) is 13.4. The number of aliphatic carboxylic acids is 1. The molecular formula is C13H26N2O4S. The Morgan fingerprint density at radius 2 is 1.90 bits per heavy atom. The number of sulfonamides is 1. The van der Waals surface area contributed by atoms with Gasteiger partial charge in [-0.2, -0.15) is 0 Å². The third-order valence-corrected chi connectivity index (χ3v) is 6.37. The number of carboxylic acids is 1. The number of hydrogen-bond donors (Lipinski definition) is 1. The van der Waals surface area contributed by atoms with Crippen LogP contribution < -0.4 is 0 Å². The smallest absolute Gasteiger partial charge is 0.307 e. The molecule has 118 valence electrons. The van der Waals surface area contributed by atoms with E-state index in [1.165, 1.54) is 4.31 Å². The Balaban J connectivity index is 2.76. The molecule has 0 radical (unpaired) electrons. The first kappa shape index (κ1) is 17.4. The van der Waals surface area contributed by atoms with Crippen LogP contribution in [-0.4, -0.2) is 67.7 Å². The highest BCUT2D eigenvalue weighted by Gasteiger charge is 2.43. The van der Waals surface area contributed by atoms with Crippen LogP contribution in [-0.2, 0) is 14.8 Å². The van der Waals surface area contributed by atoms with E-state index in [1.54, 1.807) is 6.92 Å². The molecule has 1 N–H and O–H groups in total. The highest BCUT2D eigenvalue weighted by atomic mass is 32.2. The highest BCUT2D eigenvalue weighted by Crippen LogP contribution is 2.33. The van der Waals surface area contributed by atoms with Crippen molar-refractivity contribution >= 4 is 16.0 Å². The predicted octanol–water partition coefficient (Wildman–Crippen LogP) is 0.843. The van der Waals surface area contributed by atoms with Gasteiger partial charge in [0.25, 0.3) is 0 Å². The topological polar surface area (TPSA) is 77.9 Å². The molecule has 1 saturated carbocycles. The minimum absolute atomic E-state index is 0.401. The minimum atomic E-state index is -3.51. The summed E-state index contributed by atoms with van der Waals surface area (Å²) >= 11 is 0. The number of carbonyl (C=O) groups is 1. The van der Waals surface area contributed by atoms with Crippen molar-refractivity contribution in [2.75, 3.05) is 33.7 Å². The molecule has 2 unspecified atom stereocenters. The Bertz CT molecular complexity index is 422. The van der Waals surface area contributed by atoms with Crippen molar-refractivity contribution in [2.24, 2.45) is 5.92 Å². The molecule has 1 fully saturated rings. The van der Waals surface area contributed by atoms with Crippen LogP contribution in [0.3, 0.4) is 0 Å². The molecule has 0 heterocycles. The quantitative estimate of drug-likeness (QED) is 0.719. The zero-order valence-electron chi connectivity index (χ0n) is 12.6. The van der Waals surface area contributed by atoms with Gasteiger partial charge < -0.3 is 10.0 Å². The lowest BCUT2D eigenvalue weighted by Crippen LogP contribution is -2.43. The van der Waals surface area contributed by atoms with E-state index in [4.69, 9.17) is 5.11 Å². The van der Waals surface area contributed by atoms with E-state index >= 15 is 0 Å². The van der Waals surface area contributed by atoms with Gasteiger partial charge in [0.15, 0.2) is 0 Å². The molecule has 0 saturated heterocycles. The number of carboxylic acid groups (broad SMARTS) is 1. The first-order chi connectivity index (χ1) is 9.30. The van der Waals surface area contributed by atoms with Crippen molar-refractivity contribution in [3.8, 4) is 0 Å². The van der Waals surface area contributed by atoms with Crippen molar-refractivity contribution in [3.63, 3.8) is 0 Å². The zero-order chi connectivity index (χ0) is 15.3. The lowest BCUT2D eigenvalue weighted by Gasteiger charge is -2.26. The SMILES string of the molecule is CCN(CCCN(C)C)S(=O)(=O)C1CCCC1C(=O)O. The van der Waals surface area contributed by atoms with Gasteiger partial charge in [-0.05, 0) is 39.9 Å². The first-order valence-corrected chi connectivity index (χ1v) is 8.67. The summed E-state index contributed by atoms with van der Waals surface area (Å²) in [4.78, 5) is 13.2. The fourth-order valence-corrected chi connectivity index (χ4v) is 5.04. The van der Waals surface area contributed by atoms with Gasteiger partial charge in [0.2, 0.25) is 10.0 Å². The van der Waals surface area contributed by atoms with Gasteiger partial charge in [-0.3, -0.25) is 4.79 Å². The summed E-state index contributed by atoms with van der Waals surface area (Å²) < 4.78 is 26.7.